The van der Waals surface area contributed by atoms with E-state index >= 15 is 0 Å². The van der Waals surface area contributed by atoms with E-state index in [0.717, 1.165) is 0 Å². The van der Waals surface area contributed by atoms with Crippen molar-refractivity contribution in [3.05, 3.63) is 60.4 Å². The number of alkyl halides is 6. The van der Waals surface area contributed by atoms with Crippen LogP contribution in [0.2, 0.25) is 0 Å². The Morgan fingerprint density at radius 1 is 0.914 bits per heavy atom. The van der Waals surface area contributed by atoms with E-state index in [1.807, 2.05) is 0 Å². The Balaban J connectivity index is 1.93. The Bertz CT molecular complexity index is 1270. The van der Waals surface area contributed by atoms with Gasteiger partial charge in [-0.15, -0.1) is 0 Å². The maximum absolute atomic E-state index is 13.9. The van der Waals surface area contributed by atoms with Crippen molar-refractivity contribution in [2.75, 3.05) is 13.2 Å². The first kappa shape index (κ1) is 26.7. The summed E-state index contributed by atoms with van der Waals surface area (Å²) in [5.74, 6) is -16.8. The SMILES string of the molecule is NS(=O)(=O)c1ccc(-c2c(-c3ccccc3)noc2COCC(F)(F)C(F)(F)C(F)(F)CO)cc1. The molecule has 0 saturated carbocycles. The lowest BCUT2D eigenvalue weighted by Gasteiger charge is -2.31. The molecule has 190 valence electrons. The van der Waals surface area contributed by atoms with Crippen LogP contribution in [0, 0.1) is 0 Å². The number of halogens is 6. The van der Waals surface area contributed by atoms with Crippen molar-refractivity contribution in [3.8, 4) is 22.4 Å². The van der Waals surface area contributed by atoms with Crippen molar-refractivity contribution >= 4 is 10.0 Å². The highest BCUT2D eigenvalue weighted by molar-refractivity contribution is 7.89. The molecule has 3 aromatic rings. The normalized spacial score (nSPS) is 13.3. The summed E-state index contributed by atoms with van der Waals surface area (Å²) < 4.78 is 114. The molecule has 0 amide bonds. The average Bonchev–Trinajstić information content (AvgIpc) is 3.22. The number of nitrogens with zero attached hydrogens (tertiary/aromatic N) is 1. The van der Waals surface area contributed by atoms with Gasteiger partial charge in [0.05, 0.1) is 10.5 Å². The standard InChI is InChI=1S/C21H18F6N2O5S/c22-19(23,11-30)21(26,27)20(24,25)12-33-10-16-17(13-6-8-15(9-7-13)35(28,31)32)18(29-34-16)14-4-2-1-3-5-14/h1-9,30H,10-12H2,(H2,28,31,32). The van der Waals surface area contributed by atoms with E-state index in [1.165, 1.54) is 24.3 Å². The second kappa shape index (κ2) is 9.60. The van der Waals surface area contributed by atoms with E-state index in [9.17, 15) is 34.8 Å². The van der Waals surface area contributed by atoms with Crippen LogP contribution in [-0.4, -0.2) is 49.7 Å². The van der Waals surface area contributed by atoms with Gasteiger partial charge in [0.1, 0.15) is 25.5 Å². The summed E-state index contributed by atoms with van der Waals surface area (Å²) in [4.78, 5) is -0.219. The van der Waals surface area contributed by atoms with Crippen molar-refractivity contribution in [1.29, 1.82) is 0 Å². The van der Waals surface area contributed by atoms with Gasteiger partial charge in [0.25, 0.3) is 0 Å². The van der Waals surface area contributed by atoms with Gasteiger partial charge in [-0.2, -0.15) is 26.3 Å². The maximum Gasteiger partial charge on any atom is 0.376 e. The molecule has 0 atom stereocenters. The van der Waals surface area contributed by atoms with Crippen LogP contribution in [0.3, 0.4) is 0 Å². The number of nitrogens with two attached hydrogens (primary N) is 1. The lowest BCUT2D eigenvalue weighted by molar-refractivity contribution is -0.326. The number of aromatic nitrogens is 1. The second-order valence-corrected chi connectivity index (χ2v) is 8.96. The molecule has 3 rings (SSSR count). The minimum Gasteiger partial charge on any atom is -0.390 e. The smallest absolute Gasteiger partial charge is 0.376 e. The lowest BCUT2D eigenvalue weighted by Crippen LogP contribution is -2.57. The Hall–Kier alpha value is -2.94. The number of rotatable bonds is 10. The van der Waals surface area contributed by atoms with Crippen LogP contribution < -0.4 is 5.14 Å². The third-order valence-electron chi connectivity index (χ3n) is 4.92. The zero-order valence-electron chi connectivity index (χ0n) is 17.6. The van der Waals surface area contributed by atoms with Gasteiger partial charge in [-0.25, -0.2) is 13.6 Å². The molecule has 7 nitrogen and oxygen atoms in total. The minimum atomic E-state index is -5.89. The van der Waals surface area contributed by atoms with E-state index < -0.39 is 47.6 Å². The van der Waals surface area contributed by atoms with Gasteiger partial charge in [0, 0.05) is 5.56 Å². The molecule has 3 N–H and O–H groups in total. The average molecular weight is 524 g/mol. The highest BCUT2D eigenvalue weighted by Gasteiger charge is 2.71. The van der Waals surface area contributed by atoms with E-state index in [4.69, 9.17) is 14.8 Å². The molecular formula is C21H18F6N2O5S. The summed E-state index contributed by atoms with van der Waals surface area (Å²) in [5.41, 5.74) is 1.15. The Morgan fingerprint density at radius 3 is 2.06 bits per heavy atom. The van der Waals surface area contributed by atoms with Gasteiger partial charge in [0.2, 0.25) is 10.0 Å². The first-order chi connectivity index (χ1) is 16.2. The summed E-state index contributed by atoms with van der Waals surface area (Å²) in [6, 6.07) is 13.3. The first-order valence-electron chi connectivity index (χ1n) is 9.70. The number of hydrogen-bond acceptors (Lipinski definition) is 6. The monoisotopic (exact) mass is 524 g/mol. The molecule has 0 aliphatic rings. The minimum absolute atomic E-state index is 0.160. The molecule has 35 heavy (non-hydrogen) atoms. The zero-order chi connectivity index (χ0) is 26.1. The molecule has 0 bridgehead atoms. The quantitative estimate of drug-likeness (QED) is 0.387. The fraction of sp³-hybridized carbons (Fsp3) is 0.286. The second-order valence-electron chi connectivity index (χ2n) is 7.40. The van der Waals surface area contributed by atoms with Gasteiger partial charge in [-0.3, -0.25) is 0 Å². The van der Waals surface area contributed by atoms with Gasteiger partial charge in [-0.1, -0.05) is 47.6 Å². The molecule has 2 aromatic carbocycles. The van der Waals surface area contributed by atoms with E-state index in [0.29, 0.717) is 11.1 Å². The molecule has 1 heterocycles. The van der Waals surface area contributed by atoms with E-state index in [1.54, 1.807) is 30.3 Å². The predicted molar refractivity (Wildman–Crippen MR) is 110 cm³/mol. The fourth-order valence-electron chi connectivity index (χ4n) is 3.05. The Kier molecular flexibility index (Phi) is 7.32. The Labute approximate surface area is 195 Å². The third kappa shape index (κ3) is 5.34. The molecule has 14 heteroatoms. The number of aliphatic hydroxyl groups is 1. The van der Waals surface area contributed by atoms with Crippen molar-refractivity contribution in [2.24, 2.45) is 5.14 Å². The largest absolute Gasteiger partial charge is 0.390 e. The van der Waals surface area contributed by atoms with E-state index in [2.05, 4.69) is 9.89 Å². The molecule has 0 aliphatic carbocycles. The number of ether oxygens (including phenoxy) is 1. The topological polar surface area (TPSA) is 116 Å². The van der Waals surface area contributed by atoms with Crippen molar-refractivity contribution in [1.82, 2.24) is 5.16 Å². The van der Waals surface area contributed by atoms with E-state index in [-0.39, 0.29) is 21.9 Å². The van der Waals surface area contributed by atoms with Crippen LogP contribution in [0.25, 0.3) is 22.4 Å². The van der Waals surface area contributed by atoms with Gasteiger partial charge >= 0.3 is 17.8 Å². The molecule has 0 aliphatic heterocycles. The zero-order valence-corrected chi connectivity index (χ0v) is 18.4. The summed E-state index contributed by atoms with van der Waals surface area (Å²) in [7, 11) is -4.02. The van der Waals surface area contributed by atoms with Crippen LogP contribution in [0.15, 0.2) is 64.0 Å². The summed E-state index contributed by atoms with van der Waals surface area (Å²) in [6.07, 6.45) is 0. The summed E-state index contributed by atoms with van der Waals surface area (Å²) >= 11 is 0. The predicted octanol–water partition coefficient (Wildman–Crippen LogP) is 4.07. The first-order valence-corrected chi connectivity index (χ1v) is 11.2. The number of benzene rings is 2. The number of primary sulfonamides is 1. The molecule has 1 aromatic heterocycles. The van der Waals surface area contributed by atoms with Crippen LogP contribution in [0.5, 0.6) is 0 Å². The summed E-state index contributed by atoms with van der Waals surface area (Å²) in [6.45, 7) is -5.49. The van der Waals surface area contributed by atoms with Crippen LogP contribution >= 0.6 is 0 Å². The number of aliphatic hydroxyl groups excluding tert-OH is 1. The highest BCUT2D eigenvalue weighted by atomic mass is 32.2. The van der Waals surface area contributed by atoms with Gasteiger partial charge in [0.15, 0.2) is 5.76 Å². The number of hydrogen-bond donors (Lipinski definition) is 2. The number of sulfonamides is 1. The van der Waals surface area contributed by atoms with Crippen molar-refractivity contribution in [3.63, 3.8) is 0 Å². The van der Waals surface area contributed by atoms with Gasteiger partial charge in [-0.05, 0) is 17.7 Å². The molecule has 0 radical (unpaired) electrons. The molecule has 0 unspecified atom stereocenters. The maximum atomic E-state index is 13.9. The lowest BCUT2D eigenvalue weighted by atomic mass is 9.99. The summed E-state index contributed by atoms with van der Waals surface area (Å²) in [5, 5.41) is 17.3. The van der Waals surface area contributed by atoms with Crippen LogP contribution in [-0.2, 0) is 21.4 Å². The molecule has 0 fully saturated rings. The van der Waals surface area contributed by atoms with Crippen molar-refractivity contribution in [2.45, 2.75) is 29.3 Å². The molecular weight excluding hydrogens is 506 g/mol. The van der Waals surface area contributed by atoms with Crippen LogP contribution in [0.4, 0.5) is 26.3 Å². The fourth-order valence-corrected chi connectivity index (χ4v) is 3.57. The highest BCUT2D eigenvalue weighted by Crippen LogP contribution is 2.45. The third-order valence-corrected chi connectivity index (χ3v) is 5.84. The van der Waals surface area contributed by atoms with Crippen LogP contribution in [0.1, 0.15) is 5.76 Å². The Morgan fingerprint density at radius 2 is 1.51 bits per heavy atom. The molecule has 0 spiro atoms. The molecule has 0 saturated heterocycles. The van der Waals surface area contributed by atoms with Crippen molar-refractivity contribution < 1.29 is 49.1 Å². The van der Waals surface area contributed by atoms with Gasteiger partial charge < -0.3 is 14.4 Å².